The van der Waals surface area contributed by atoms with Gasteiger partial charge in [0.05, 0.1) is 5.56 Å². The number of pyridine rings is 1. The number of amides is 2. The molecule has 3 heterocycles. The van der Waals surface area contributed by atoms with Crippen LogP contribution in [-0.2, 0) is 6.54 Å². The molecule has 130 valence electrons. The Hall–Kier alpha value is -3.48. The minimum Gasteiger partial charge on any atom is -0.350 e. The minimum absolute atomic E-state index is 0.113. The summed E-state index contributed by atoms with van der Waals surface area (Å²) in [5.74, 6) is -0.668. The first-order valence-electron chi connectivity index (χ1n) is 8.28. The Morgan fingerprint density at radius 3 is 2.92 bits per heavy atom. The van der Waals surface area contributed by atoms with Crippen molar-refractivity contribution in [3.63, 3.8) is 0 Å². The molecule has 7 nitrogen and oxygen atoms in total. The fraction of sp³-hybridized carbons (Fsp3) is 0.158. The van der Waals surface area contributed by atoms with Crippen LogP contribution in [0.1, 0.15) is 43.2 Å². The highest BCUT2D eigenvalue weighted by atomic mass is 16.2. The molecule has 3 aromatic rings. The van der Waals surface area contributed by atoms with E-state index in [-0.39, 0.29) is 29.7 Å². The van der Waals surface area contributed by atoms with Crippen molar-refractivity contribution >= 4 is 28.5 Å². The van der Waals surface area contributed by atoms with Crippen LogP contribution in [0.2, 0.25) is 0 Å². The molecule has 7 heteroatoms. The summed E-state index contributed by atoms with van der Waals surface area (Å²) in [4.78, 5) is 44.0. The first kappa shape index (κ1) is 16.0. The lowest BCUT2D eigenvalue weighted by Crippen LogP contribution is -2.23. The van der Waals surface area contributed by atoms with E-state index in [1.165, 1.54) is 0 Å². The summed E-state index contributed by atoms with van der Waals surface area (Å²) >= 11 is 0. The molecule has 0 atom stereocenters. The first-order valence-corrected chi connectivity index (χ1v) is 8.28. The quantitative estimate of drug-likeness (QED) is 0.671. The fourth-order valence-corrected chi connectivity index (χ4v) is 3.08. The largest absolute Gasteiger partial charge is 0.350 e. The van der Waals surface area contributed by atoms with E-state index in [1.807, 2.05) is 6.07 Å². The zero-order valence-corrected chi connectivity index (χ0v) is 13.8. The highest BCUT2D eigenvalue weighted by Crippen LogP contribution is 2.26. The molecule has 0 radical (unpaired) electrons. The standard InChI is InChI=1S/C19H16N4O3/c24-15-5-7-21-19(26)17-16(15)13-8-12(3-4-14(13)23-17)18(25)22-10-11-2-1-6-20-9-11/h1-4,6,8-9,23H,5,7,10H2,(H,21,26)(H,22,25). The van der Waals surface area contributed by atoms with Gasteiger partial charge in [0.25, 0.3) is 11.8 Å². The number of aromatic amines is 1. The van der Waals surface area contributed by atoms with E-state index in [0.29, 0.717) is 35.1 Å². The average molecular weight is 348 g/mol. The third-order valence-corrected chi connectivity index (χ3v) is 4.38. The summed E-state index contributed by atoms with van der Waals surface area (Å²) in [5.41, 5.74) is 2.60. The predicted octanol–water partition coefficient (Wildman–Crippen LogP) is 1.81. The molecular weight excluding hydrogens is 332 g/mol. The Labute approximate surface area is 148 Å². The molecule has 0 aliphatic carbocycles. The highest BCUT2D eigenvalue weighted by molar-refractivity contribution is 6.18. The fourth-order valence-electron chi connectivity index (χ4n) is 3.08. The van der Waals surface area contributed by atoms with E-state index in [0.717, 1.165) is 5.56 Å². The van der Waals surface area contributed by atoms with Crippen LogP contribution in [0.4, 0.5) is 0 Å². The van der Waals surface area contributed by atoms with Crippen molar-refractivity contribution < 1.29 is 14.4 Å². The number of hydrogen-bond acceptors (Lipinski definition) is 4. The zero-order valence-electron chi connectivity index (χ0n) is 13.8. The van der Waals surface area contributed by atoms with Crippen LogP contribution in [0.5, 0.6) is 0 Å². The topological polar surface area (TPSA) is 104 Å². The van der Waals surface area contributed by atoms with Crippen molar-refractivity contribution in [2.75, 3.05) is 6.54 Å². The number of fused-ring (bicyclic) bond motifs is 3. The van der Waals surface area contributed by atoms with Crippen LogP contribution >= 0.6 is 0 Å². The van der Waals surface area contributed by atoms with Crippen molar-refractivity contribution in [3.05, 3.63) is 65.1 Å². The summed E-state index contributed by atoms with van der Waals surface area (Å²) in [6, 6.07) is 8.71. The molecule has 0 spiro atoms. The van der Waals surface area contributed by atoms with Gasteiger partial charge in [-0.05, 0) is 29.8 Å². The molecule has 4 rings (SSSR count). The van der Waals surface area contributed by atoms with Crippen LogP contribution in [0, 0.1) is 0 Å². The maximum absolute atomic E-state index is 12.5. The molecule has 0 fully saturated rings. The predicted molar refractivity (Wildman–Crippen MR) is 95.0 cm³/mol. The second-order valence-electron chi connectivity index (χ2n) is 6.11. The van der Waals surface area contributed by atoms with Gasteiger partial charge in [0.1, 0.15) is 5.69 Å². The Bertz CT molecular complexity index is 1020. The number of rotatable bonds is 3. The van der Waals surface area contributed by atoms with Crippen LogP contribution in [0.25, 0.3) is 10.9 Å². The van der Waals surface area contributed by atoms with Crippen LogP contribution < -0.4 is 10.6 Å². The third-order valence-electron chi connectivity index (χ3n) is 4.38. The molecule has 3 N–H and O–H groups in total. The molecular formula is C19H16N4O3. The monoisotopic (exact) mass is 348 g/mol. The molecule has 26 heavy (non-hydrogen) atoms. The van der Waals surface area contributed by atoms with E-state index in [1.54, 1.807) is 36.7 Å². The number of carbonyl (C=O) groups is 3. The molecule has 0 unspecified atom stereocenters. The van der Waals surface area contributed by atoms with Gasteiger partial charge in [-0.3, -0.25) is 19.4 Å². The van der Waals surface area contributed by atoms with Crippen molar-refractivity contribution in [1.29, 1.82) is 0 Å². The van der Waals surface area contributed by atoms with Gasteiger partial charge in [-0.25, -0.2) is 0 Å². The van der Waals surface area contributed by atoms with Crippen LogP contribution in [0.15, 0.2) is 42.7 Å². The number of nitrogens with one attached hydrogen (secondary N) is 3. The number of nitrogens with zero attached hydrogens (tertiary/aromatic N) is 1. The van der Waals surface area contributed by atoms with Gasteiger partial charge in [0, 0.05) is 48.4 Å². The van der Waals surface area contributed by atoms with Crippen molar-refractivity contribution in [1.82, 2.24) is 20.6 Å². The number of benzene rings is 1. The van der Waals surface area contributed by atoms with Gasteiger partial charge in [0.2, 0.25) is 0 Å². The van der Waals surface area contributed by atoms with Crippen molar-refractivity contribution in [2.45, 2.75) is 13.0 Å². The molecule has 2 amide bonds. The first-order chi connectivity index (χ1) is 12.6. The average Bonchev–Trinajstić information content (AvgIpc) is 2.99. The lowest BCUT2D eigenvalue weighted by molar-refractivity contribution is 0.0942. The van der Waals surface area contributed by atoms with Gasteiger partial charge in [-0.15, -0.1) is 0 Å². The van der Waals surface area contributed by atoms with Gasteiger partial charge < -0.3 is 15.6 Å². The number of carbonyl (C=O) groups excluding carboxylic acids is 3. The summed E-state index contributed by atoms with van der Waals surface area (Å²) < 4.78 is 0. The van der Waals surface area contributed by atoms with Crippen molar-refractivity contribution in [2.24, 2.45) is 0 Å². The summed E-state index contributed by atoms with van der Waals surface area (Å²) in [6.07, 6.45) is 3.60. The molecule has 0 bridgehead atoms. The van der Waals surface area contributed by atoms with Crippen LogP contribution in [0.3, 0.4) is 0 Å². The summed E-state index contributed by atoms with van der Waals surface area (Å²) in [7, 11) is 0. The van der Waals surface area contributed by atoms with E-state index >= 15 is 0 Å². The molecule has 1 aliphatic heterocycles. The lowest BCUT2D eigenvalue weighted by atomic mass is 10.0. The molecule has 0 saturated carbocycles. The maximum Gasteiger partial charge on any atom is 0.268 e. The number of ketones is 1. The minimum atomic E-state index is -0.301. The van der Waals surface area contributed by atoms with E-state index < -0.39 is 0 Å². The molecule has 2 aromatic heterocycles. The number of Topliss-reactive ketones (excluding diaryl/α,β-unsaturated/α-hetero) is 1. The lowest BCUT2D eigenvalue weighted by Gasteiger charge is -2.06. The van der Waals surface area contributed by atoms with E-state index in [2.05, 4.69) is 20.6 Å². The molecule has 1 aliphatic rings. The molecule has 1 aromatic carbocycles. The SMILES string of the molecule is O=C(NCc1cccnc1)c1ccc2[nH]c3c(c2c1)C(=O)CCNC3=O. The Balaban J connectivity index is 1.66. The van der Waals surface area contributed by atoms with Crippen molar-refractivity contribution in [3.8, 4) is 0 Å². The van der Waals surface area contributed by atoms with Gasteiger partial charge in [-0.1, -0.05) is 6.07 Å². The van der Waals surface area contributed by atoms with E-state index in [9.17, 15) is 14.4 Å². The Morgan fingerprint density at radius 2 is 2.12 bits per heavy atom. The van der Waals surface area contributed by atoms with Crippen LogP contribution in [-0.4, -0.2) is 34.1 Å². The molecule has 0 saturated heterocycles. The highest BCUT2D eigenvalue weighted by Gasteiger charge is 2.26. The second-order valence-corrected chi connectivity index (χ2v) is 6.11. The van der Waals surface area contributed by atoms with Gasteiger partial charge in [0.15, 0.2) is 5.78 Å². The Morgan fingerprint density at radius 1 is 1.23 bits per heavy atom. The number of aromatic nitrogens is 2. The van der Waals surface area contributed by atoms with E-state index in [4.69, 9.17) is 0 Å². The summed E-state index contributed by atoms with van der Waals surface area (Å²) in [6.45, 7) is 0.671. The summed E-state index contributed by atoms with van der Waals surface area (Å²) in [5, 5.41) is 6.12. The maximum atomic E-state index is 12.5. The zero-order chi connectivity index (χ0) is 18.1. The normalized spacial score (nSPS) is 13.8. The Kier molecular flexibility index (Phi) is 3.96. The number of hydrogen-bond donors (Lipinski definition) is 3. The van der Waals surface area contributed by atoms with Gasteiger partial charge >= 0.3 is 0 Å². The smallest absolute Gasteiger partial charge is 0.268 e. The van der Waals surface area contributed by atoms with Gasteiger partial charge in [-0.2, -0.15) is 0 Å². The third kappa shape index (κ3) is 2.83. The second kappa shape index (κ2) is 6.44. The number of H-pyrrole nitrogens is 1.